The van der Waals surface area contributed by atoms with Crippen LogP contribution in [-0.4, -0.2) is 40.5 Å². The third kappa shape index (κ3) is 4.34. The zero-order chi connectivity index (χ0) is 24.4. The average Bonchev–Trinajstić information content (AvgIpc) is 3.47. The highest BCUT2D eigenvalue weighted by atomic mass is 16.2. The summed E-state index contributed by atoms with van der Waals surface area (Å²) in [6, 6.07) is 9.79. The summed E-state index contributed by atoms with van der Waals surface area (Å²) in [7, 11) is 0. The van der Waals surface area contributed by atoms with E-state index in [2.05, 4.69) is 32.5 Å². The van der Waals surface area contributed by atoms with E-state index < -0.39 is 0 Å². The zero-order valence-electron chi connectivity index (χ0n) is 20.0. The maximum Gasteiger partial charge on any atom is 0.328 e. The molecule has 0 saturated heterocycles. The number of Topliss-reactive ketones (excluding diaryl/α,β-unsaturated/α-hetero) is 1. The van der Waals surface area contributed by atoms with E-state index >= 15 is 0 Å². The molecule has 1 N–H and O–H groups in total. The van der Waals surface area contributed by atoms with E-state index in [1.807, 2.05) is 47.3 Å². The molecule has 180 valence electrons. The van der Waals surface area contributed by atoms with Crippen molar-refractivity contribution in [1.82, 2.24) is 34.7 Å². The van der Waals surface area contributed by atoms with E-state index in [0.717, 1.165) is 60.1 Å². The topological polar surface area (TPSA) is 111 Å². The van der Waals surface area contributed by atoms with Crippen LogP contribution in [0.5, 0.6) is 0 Å². The highest BCUT2D eigenvalue weighted by Crippen LogP contribution is 2.38. The Kier molecular flexibility index (Phi) is 6.39. The van der Waals surface area contributed by atoms with Gasteiger partial charge in [-0.15, -0.1) is 10.2 Å². The van der Waals surface area contributed by atoms with Gasteiger partial charge >= 0.3 is 5.69 Å². The molecule has 1 fully saturated rings. The maximum atomic E-state index is 13.6. The van der Waals surface area contributed by atoms with Crippen LogP contribution in [0, 0.1) is 5.92 Å². The zero-order valence-corrected chi connectivity index (χ0v) is 20.0. The number of nitrogens with zero attached hydrogens (tertiary/aromatic N) is 6. The largest absolute Gasteiger partial charge is 0.328 e. The average molecular weight is 472 g/mol. The van der Waals surface area contributed by atoms with Gasteiger partial charge in [0.15, 0.2) is 0 Å². The number of hydrogen-bond donors (Lipinski definition) is 1. The fourth-order valence-corrected chi connectivity index (χ4v) is 4.98. The highest BCUT2D eigenvalue weighted by Gasteiger charge is 2.37. The van der Waals surface area contributed by atoms with Crippen LogP contribution in [0.2, 0.25) is 0 Å². The van der Waals surface area contributed by atoms with Crippen molar-refractivity contribution in [2.45, 2.75) is 58.5 Å². The molecule has 0 bridgehead atoms. The summed E-state index contributed by atoms with van der Waals surface area (Å²) in [6.07, 6.45) is 10.1. The van der Waals surface area contributed by atoms with Gasteiger partial charge in [-0.05, 0) is 60.6 Å². The molecule has 1 saturated carbocycles. The van der Waals surface area contributed by atoms with E-state index in [1.54, 1.807) is 17.7 Å². The molecule has 0 radical (unpaired) electrons. The molecule has 9 nitrogen and oxygen atoms in total. The molecule has 9 heteroatoms. The summed E-state index contributed by atoms with van der Waals surface area (Å²) in [5.41, 5.74) is 4.62. The number of carbonyl (C=O) groups is 1. The van der Waals surface area contributed by atoms with Gasteiger partial charge in [0.25, 0.3) is 0 Å². The van der Waals surface area contributed by atoms with Crippen molar-refractivity contribution in [2.24, 2.45) is 5.92 Å². The molecule has 3 heterocycles. The minimum absolute atomic E-state index is 0.0473. The lowest BCUT2D eigenvalue weighted by Crippen LogP contribution is -2.39. The lowest BCUT2D eigenvalue weighted by molar-refractivity contribution is -0.125. The fourth-order valence-electron chi connectivity index (χ4n) is 4.98. The number of hydrogen-bond acceptors (Lipinski definition) is 6. The number of ketones is 1. The number of nitrogens with one attached hydrogen (secondary N) is 1. The Hall–Kier alpha value is -3.88. The van der Waals surface area contributed by atoms with Crippen LogP contribution in [0.3, 0.4) is 0 Å². The van der Waals surface area contributed by atoms with Crippen LogP contribution in [0.15, 0.2) is 53.7 Å². The van der Waals surface area contributed by atoms with E-state index in [9.17, 15) is 9.59 Å². The van der Waals surface area contributed by atoms with Crippen molar-refractivity contribution in [1.29, 1.82) is 0 Å². The molecule has 2 unspecified atom stereocenters. The molecule has 1 aliphatic rings. The number of imidazole rings is 1. The van der Waals surface area contributed by atoms with Crippen LogP contribution in [-0.2, 0) is 17.8 Å². The van der Waals surface area contributed by atoms with Crippen LogP contribution in [0.25, 0.3) is 22.5 Å². The molecular formula is C26H29N7O2. The smallest absolute Gasteiger partial charge is 0.300 e. The normalized spacial score (nSPS) is 17.3. The van der Waals surface area contributed by atoms with E-state index in [0.29, 0.717) is 12.4 Å². The number of pyridine rings is 1. The second-order valence-electron chi connectivity index (χ2n) is 9.18. The molecule has 5 rings (SSSR count). The van der Waals surface area contributed by atoms with Crippen LogP contribution in [0.4, 0.5) is 0 Å². The molecule has 3 aromatic heterocycles. The number of H-pyrrole nitrogens is 1. The Morgan fingerprint density at radius 2 is 1.97 bits per heavy atom. The van der Waals surface area contributed by atoms with E-state index in [-0.39, 0.29) is 23.4 Å². The first-order valence-electron chi connectivity index (χ1n) is 12.2. The third-order valence-corrected chi connectivity index (χ3v) is 7.03. The van der Waals surface area contributed by atoms with Crippen molar-refractivity contribution in [3.05, 3.63) is 70.7 Å². The predicted octanol–water partition coefficient (Wildman–Crippen LogP) is 3.82. The molecule has 0 amide bonds. The Bertz CT molecular complexity index is 1390. The Balaban J connectivity index is 1.56. The fraction of sp³-hybridized carbons (Fsp3) is 0.385. The second-order valence-corrected chi connectivity index (χ2v) is 9.18. The molecule has 4 aromatic rings. The van der Waals surface area contributed by atoms with Gasteiger partial charge in [0.2, 0.25) is 5.82 Å². The summed E-state index contributed by atoms with van der Waals surface area (Å²) in [4.78, 5) is 30.1. The summed E-state index contributed by atoms with van der Waals surface area (Å²) in [6.45, 7) is 4.16. The summed E-state index contributed by atoms with van der Waals surface area (Å²) >= 11 is 0. The number of rotatable bonds is 9. The molecule has 0 spiro atoms. The summed E-state index contributed by atoms with van der Waals surface area (Å²) < 4.78 is 3.65. The second kappa shape index (κ2) is 9.77. The van der Waals surface area contributed by atoms with Gasteiger partial charge in [0.1, 0.15) is 5.78 Å². The minimum Gasteiger partial charge on any atom is -0.300 e. The summed E-state index contributed by atoms with van der Waals surface area (Å²) in [5, 5.41) is 14.5. The maximum absolute atomic E-state index is 13.6. The molecule has 0 aliphatic heterocycles. The van der Waals surface area contributed by atoms with Gasteiger partial charge in [-0.1, -0.05) is 37.6 Å². The molecular weight excluding hydrogens is 442 g/mol. The van der Waals surface area contributed by atoms with Gasteiger partial charge in [-0.25, -0.2) is 4.79 Å². The molecule has 1 aliphatic carbocycles. The lowest BCUT2D eigenvalue weighted by atomic mass is 9.77. The van der Waals surface area contributed by atoms with E-state index in [4.69, 9.17) is 0 Å². The van der Waals surface area contributed by atoms with Crippen LogP contribution in [0.1, 0.15) is 56.8 Å². The molecule has 2 atom stereocenters. The lowest BCUT2D eigenvalue weighted by Gasteiger charge is -2.35. The molecule has 35 heavy (non-hydrogen) atoms. The van der Waals surface area contributed by atoms with Gasteiger partial charge in [-0.3, -0.25) is 18.9 Å². The quantitative estimate of drug-likeness (QED) is 0.397. The Morgan fingerprint density at radius 1 is 1.14 bits per heavy atom. The number of tetrazole rings is 1. The Labute approximate surface area is 203 Å². The number of unbranched alkanes of at least 4 members (excludes halogenated alkanes) is 1. The van der Waals surface area contributed by atoms with Crippen LogP contribution < -0.4 is 5.69 Å². The van der Waals surface area contributed by atoms with Gasteiger partial charge in [-0.2, -0.15) is 5.21 Å². The Morgan fingerprint density at radius 3 is 2.66 bits per heavy atom. The van der Waals surface area contributed by atoms with Crippen molar-refractivity contribution in [3.63, 3.8) is 0 Å². The monoisotopic (exact) mass is 471 g/mol. The standard InChI is InChI=1S/C26H29N7O2/c1-3-4-7-19-16-33(24-11-10-20(24)17(2)34)26(35)32(19)15-18-14-27-13-12-21(18)22-8-5-6-9-23(22)25-28-30-31-29-25/h5-6,8-9,12-14,16,20,24H,3-4,7,10-11,15H2,1-2H3,(H,28,29,30,31). The first-order valence-corrected chi connectivity index (χ1v) is 12.2. The van der Waals surface area contributed by atoms with Gasteiger partial charge in [0, 0.05) is 41.8 Å². The van der Waals surface area contributed by atoms with Crippen molar-refractivity contribution < 1.29 is 4.79 Å². The highest BCUT2D eigenvalue weighted by molar-refractivity contribution is 5.82. The SMILES string of the molecule is CCCCc1cn(C2CCC2C(C)=O)c(=O)n1Cc1cnccc1-c1ccccc1-c1nn[nH]n1. The number of aromatic amines is 1. The van der Waals surface area contributed by atoms with Gasteiger partial charge in [0.05, 0.1) is 6.54 Å². The molecule has 1 aromatic carbocycles. The first-order chi connectivity index (χ1) is 17.1. The predicted molar refractivity (Wildman–Crippen MR) is 132 cm³/mol. The van der Waals surface area contributed by atoms with Crippen molar-refractivity contribution in [2.75, 3.05) is 0 Å². The number of carbonyl (C=O) groups excluding carboxylic acids is 1. The van der Waals surface area contributed by atoms with Gasteiger partial charge < -0.3 is 0 Å². The van der Waals surface area contributed by atoms with Crippen molar-refractivity contribution >= 4 is 5.78 Å². The third-order valence-electron chi connectivity index (χ3n) is 7.03. The number of aromatic nitrogens is 7. The van der Waals surface area contributed by atoms with E-state index in [1.165, 1.54) is 0 Å². The van der Waals surface area contributed by atoms with Crippen molar-refractivity contribution in [3.8, 4) is 22.5 Å². The number of aryl methyl sites for hydroxylation is 1. The van der Waals surface area contributed by atoms with Crippen LogP contribution >= 0.6 is 0 Å². The minimum atomic E-state index is -0.0710. The summed E-state index contributed by atoms with van der Waals surface area (Å²) in [5.74, 6) is 0.595. The number of benzene rings is 1. The first kappa shape index (κ1) is 22.9.